The summed E-state index contributed by atoms with van der Waals surface area (Å²) in [5, 5.41) is 11.2. The van der Waals surface area contributed by atoms with Gasteiger partial charge in [0.25, 0.3) is 5.91 Å². The van der Waals surface area contributed by atoms with E-state index < -0.39 is 5.91 Å². The van der Waals surface area contributed by atoms with E-state index >= 15 is 0 Å². The lowest BCUT2D eigenvalue weighted by Crippen LogP contribution is -2.24. The van der Waals surface area contributed by atoms with Gasteiger partial charge in [0.05, 0.1) is 29.5 Å². The molecule has 0 saturated carbocycles. The van der Waals surface area contributed by atoms with Crippen LogP contribution in [0.4, 0.5) is 21.5 Å². The minimum Gasteiger partial charge on any atom is -0.398 e. The monoisotopic (exact) mass is 480 g/mol. The maximum atomic E-state index is 13.2. The van der Waals surface area contributed by atoms with E-state index in [-0.39, 0.29) is 11.5 Å². The molecule has 1 fully saturated rings. The third kappa shape index (κ3) is 4.93. The van der Waals surface area contributed by atoms with Crippen molar-refractivity contribution in [2.75, 3.05) is 29.0 Å². The molecule has 1 aliphatic rings. The molecule has 0 bridgehead atoms. The van der Waals surface area contributed by atoms with Crippen molar-refractivity contribution < 1.29 is 9.18 Å². The van der Waals surface area contributed by atoms with Crippen molar-refractivity contribution in [3.05, 3.63) is 90.6 Å². The van der Waals surface area contributed by atoms with Gasteiger partial charge in [-0.2, -0.15) is 0 Å². The first-order chi connectivity index (χ1) is 17.5. The third-order valence-corrected chi connectivity index (χ3v) is 6.24. The van der Waals surface area contributed by atoms with E-state index in [1.54, 1.807) is 42.6 Å². The number of nitrogen functional groups attached to an aromatic ring is 1. The number of rotatable bonds is 6. The zero-order valence-corrected chi connectivity index (χ0v) is 19.5. The summed E-state index contributed by atoms with van der Waals surface area (Å²) in [6.45, 7) is 2.03. The molecular formula is C28H25FN6O. The van der Waals surface area contributed by atoms with E-state index in [9.17, 15) is 9.18 Å². The predicted molar refractivity (Wildman–Crippen MR) is 141 cm³/mol. The molecular weight excluding hydrogens is 455 g/mol. The molecule has 1 aliphatic heterocycles. The molecule has 0 aliphatic carbocycles. The maximum absolute atomic E-state index is 13.2. The van der Waals surface area contributed by atoms with Gasteiger partial charge in [-0.25, -0.2) is 4.39 Å². The number of nitrogens with zero attached hydrogens (tertiary/aromatic N) is 3. The highest BCUT2D eigenvalue weighted by atomic mass is 19.1. The van der Waals surface area contributed by atoms with Gasteiger partial charge in [0, 0.05) is 41.7 Å². The molecule has 0 spiro atoms. The molecule has 4 N–H and O–H groups in total. The number of nitrogens with two attached hydrogens (primary N) is 1. The molecule has 2 aromatic heterocycles. The minimum atomic E-state index is -0.598. The maximum Gasteiger partial charge on any atom is 0.274 e. The average molecular weight is 481 g/mol. The number of anilines is 3. The fourth-order valence-electron chi connectivity index (χ4n) is 4.26. The summed E-state index contributed by atoms with van der Waals surface area (Å²) in [6, 6.07) is 16.8. The van der Waals surface area contributed by atoms with E-state index in [4.69, 9.17) is 11.1 Å². The molecule has 2 aromatic carbocycles. The number of halogens is 1. The third-order valence-electron chi connectivity index (χ3n) is 6.24. The molecule has 5 rings (SSSR count). The van der Waals surface area contributed by atoms with Crippen LogP contribution in [0.15, 0.2) is 79.3 Å². The van der Waals surface area contributed by atoms with Crippen molar-refractivity contribution >= 4 is 28.7 Å². The fourth-order valence-corrected chi connectivity index (χ4v) is 4.26. The highest BCUT2D eigenvalue weighted by Gasteiger charge is 2.18. The molecule has 1 saturated heterocycles. The van der Waals surface area contributed by atoms with E-state index in [0.717, 1.165) is 35.5 Å². The smallest absolute Gasteiger partial charge is 0.274 e. The summed E-state index contributed by atoms with van der Waals surface area (Å²) in [7, 11) is 0. The van der Waals surface area contributed by atoms with Crippen LogP contribution in [-0.2, 0) is 4.79 Å². The van der Waals surface area contributed by atoms with Crippen LogP contribution >= 0.6 is 0 Å². The van der Waals surface area contributed by atoms with E-state index in [1.807, 2.05) is 12.3 Å². The molecule has 4 aromatic rings. The Balaban J connectivity index is 1.32. The fraction of sp³-hybridized carbons (Fsp3) is 0.143. The Labute approximate surface area is 208 Å². The van der Waals surface area contributed by atoms with Crippen LogP contribution in [0.1, 0.15) is 18.4 Å². The summed E-state index contributed by atoms with van der Waals surface area (Å²) < 4.78 is 13.2. The van der Waals surface area contributed by atoms with Gasteiger partial charge in [-0.15, -0.1) is 0 Å². The second-order valence-corrected chi connectivity index (χ2v) is 8.70. The first-order valence-corrected chi connectivity index (χ1v) is 11.7. The van der Waals surface area contributed by atoms with Gasteiger partial charge in [-0.1, -0.05) is 6.07 Å². The summed E-state index contributed by atoms with van der Waals surface area (Å²) in [5.74, 6) is -0.917. The molecule has 180 valence electrons. The normalized spacial score (nSPS) is 13.0. The number of carbonyl (C=O) groups is 1. The SMILES string of the molecule is N=C(C(=O)Nc1ccc(-c2ccc(F)cc2)nc1)c1cc(-c2cncc(N3CCCC3)c2)ccc1N. The van der Waals surface area contributed by atoms with Gasteiger partial charge in [0.2, 0.25) is 0 Å². The molecule has 8 heteroatoms. The van der Waals surface area contributed by atoms with Crippen LogP contribution < -0.4 is 16.0 Å². The molecule has 36 heavy (non-hydrogen) atoms. The van der Waals surface area contributed by atoms with Crippen LogP contribution in [0.25, 0.3) is 22.4 Å². The summed E-state index contributed by atoms with van der Waals surface area (Å²) in [5.41, 5.74) is 11.2. The summed E-state index contributed by atoms with van der Waals surface area (Å²) in [6.07, 6.45) is 7.48. The number of hydrogen-bond acceptors (Lipinski definition) is 6. The van der Waals surface area contributed by atoms with Crippen LogP contribution in [0.5, 0.6) is 0 Å². The number of carbonyl (C=O) groups excluding carboxylic acids is 1. The predicted octanol–water partition coefficient (Wildman–Crippen LogP) is 5.14. The van der Waals surface area contributed by atoms with Crippen LogP contribution in [0.3, 0.4) is 0 Å². The first kappa shape index (κ1) is 23.2. The minimum absolute atomic E-state index is 0.249. The topological polar surface area (TPSA) is 108 Å². The molecule has 0 radical (unpaired) electrons. The highest BCUT2D eigenvalue weighted by Crippen LogP contribution is 2.28. The van der Waals surface area contributed by atoms with E-state index in [2.05, 4.69) is 26.3 Å². The van der Waals surface area contributed by atoms with Gasteiger partial charge in [0.1, 0.15) is 11.5 Å². The second-order valence-electron chi connectivity index (χ2n) is 8.70. The van der Waals surface area contributed by atoms with Gasteiger partial charge in [-0.3, -0.25) is 20.2 Å². The lowest BCUT2D eigenvalue weighted by Gasteiger charge is -2.18. The summed E-state index contributed by atoms with van der Waals surface area (Å²) in [4.78, 5) is 23.9. The zero-order valence-electron chi connectivity index (χ0n) is 19.5. The lowest BCUT2D eigenvalue weighted by molar-refractivity contribution is -0.110. The molecule has 7 nitrogen and oxygen atoms in total. The largest absolute Gasteiger partial charge is 0.398 e. The number of hydrogen-bond donors (Lipinski definition) is 3. The van der Waals surface area contributed by atoms with Crippen LogP contribution in [0.2, 0.25) is 0 Å². The Bertz CT molecular complexity index is 1410. The second kappa shape index (κ2) is 9.95. The molecule has 0 unspecified atom stereocenters. The van der Waals surface area contributed by atoms with Crippen molar-refractivity contribution in [1.82, 2.24) is 9.97 Å². The Hall–Kier alpha value is -4.59. The zero-order chi connectivity index (χ0) is 25.1. The van der Waals surface area contributed by atoms with Crippen molar-refractivity contribution in [3.63, 3.8) is 0 Å². The van der Waals surface area contributed by atoms with Crippen LogP contribution in [-0.4, -0.2) is 34.7 Å². The van der Waals surface area contributed by atoms with Crippen molar-refractivity contribution in [3.8, 4) is 22.4 Å². The number of aromatic nitrogens is 2. The Morgan fingerprint density at radius 3 is 2.39 bits per heavy atom. The van der Waals surface area contributed by atoms with Crippen molar-refractivity contribution in [2.24, 2.45) is 0 Å². The van der Waals surface area contributed by atoms with Gasteiger partial charge >= 0.3 is 0 Å². The van der Waals surface area contributed by atoms with Gasteiger partial charge in [-0.05, 0) is 73.0 Å². The van der Waals surface area contributed by atoms with Gasteiger partial charge < -0.3 is 16.0 Å². The summed E-state index contributed by atoms with van der Waals surface area (Å²) >= 11 is 0. The van der Waals surface area contributed by atoms with E-state index in [1.165, 1.54) is 31.2 Å². The quantitative estimate of drug-likeness (QED) is 0.262. The first-order valence-electron chi connectivity index (χ1n) is 11.7. The van der Waals surface area contributed by atoms with Gasteiger partial charge in [0.15, 0.2) is 0 Å². The number of nitrogens with one attached hydrogen (secondary N) is 2. The van der Waals surface area contributed by atoms with Crippen LogP contribution in [0, 0.1) is 11.2 Å². The standard InChI is InChI=1S/C28H25FN6O/c29-21-6-3-18(4-7-21)26-10-8-22(16-33-26)34-28(36)27(31)24-14-19(5-9-25(24)30)20-13-23(17-32-15-20)35-11-1-2-12-35/h3-10,13-17,31H,1-2,11-12,30H2,(H,34,36). The van der Waals surface area contributed by atoms with E-state index in [0.29, 0.717) is 22.6 Å². The number of pyridine rings is 2. The van der Waals surface area contributed by atoms with Crippen molar-refractivity contribution in [2.45, 2.75) is 12.8 Å². The number of amides is 1. The average Bonchev–Trinajstić information content (AvgIpc) is 3.45. The highest BCUT2D eigenvalue weighted by molar-refractivity contribution is 6.48. The Morgan fingerprint density at radius 2 is 1.67 bits per heavy atom. The Kier molecular flexibility index (Phi) is 6.40. The Morgan fingerprint density at radius 1 is 0.917 bits per heavy atom. The molecule has 1 amide bonds. The van der Waals surface area contributed by atoms with Crippen molar-refractivity contribution in [1.29, 1.82) is 5.41 Å². The lowest BCUT2D eigenvalue weighted by atomic mass is 9.99. The molecule has 3 heterocycles. The number of benzene rings is 2. The molecule has 0 atom stereocenters.